The van der Waals surface area contributed by atoms with E-state index in [0.717, 1.165) is 17.8 Å². The van der Waals surface area contributed by atoms with E-state index in [4.69, 9.17) is 18.9 Å². The number of nitrogens with zero attached hydrogens (tertiary/aromatic N) is 2. The molecule has 0 spiro atoms. The molecule has 3 aromatic carbocycles. The Morgan fingerprint density at radius 1 is 0.860 bits per heavy atom. The van der Waals surface area contributed by atoms with Crippen LogP contribution < -0.4 is 5.32 Å². The summed E-state index contributed by atoms with van der Waals surface area (Å²) < 4.78 is 144. The Morgan fingerprint density at radius 3 is 1.86 bits per heavy atom. The highest BCUT2D eigenvalue weighted by molar-refractivity contribution is 8.18. The zero-order valence-corrected chi connectivity index (χ0v) is 33.0. The summed E-state index contributed by atoms with van der Waals surface area (Å²) in [7, 11) is -8.07. The summed E-state index contributed by atoms with van der Waals surface area (Å²) in [6.45, 7) is 4.77. The second kappa shape index (κ2) is 20.7. The number of allylic oxidation sites excluding steroid dienone is 1. The van der Waals surface area contributed by atoms with E-state index >= 15 is 0 Å². The maximum atomic E-state index is 13.4. The third-order valence-electron chi connectivity index (χ3n) is 8.30. The number of piperidine rings is 1. The lowest BCUT2D eigenvalue weighted by Gasteiger charge is -2.31. The van der Waals surface area contributed by atoms with Crippen molar-refractivity contribution in [3.05, 3.63) is 106 Å². The number of likely N-dealkylation sites (tertiary alicyclic amines) is 1. The van der Waals surface area contributed by atoms with E-state index in [0.29, 0.717) is 67.0 Å². The van der Waals surface area contributed by atoms with Gasteiger partial charge in [0.2, 0.25) is 0 Å². The zero-order valence-electron chi connectivity index (χ0n) is 30.5. The molecule has 1 amide bonds. The van der Waals surface area contributed by atoms with Crippen molar-refractivity contribution < 1.29 is 66.9 Å². The van der Waals surface area contributed by atoms with Crippen molar-refractivity contribution in [2.45, 2.75) is 55.4 Å². The highest BCUT2D eigenvalue weighted by atomic mass is 32.2. The largest absolute Gasteiger partial charge is 0.416 e. The SMILES string of the molecule is Cc1ccccc1S(=O)(=O)O.Cc1ccccc1S(=O)(=O)O.O=C1NC(=NCCOCCO)C(=CC2CCN(Cc3ccc(C(F)(F)F)cc3C(F)(F)F)CC2)S1. The minimum Gasteiger partial charge on any atom is -0.394 e. The van der Waals surface area contributed by atoms with Crippen molar-refractivity contribution in [2.75, 3.05) is 39.5 Å². The molecule has 0 saturated carbocycles. The van der Waals surface area contributed by atoms with E-state index in [-0.39, 0.29) is 52.3 Å². The van der Waals surface area contributed by atoms with Crippen LogP contribution in [0.1, 0.15) is 40.7 Å². The van der Waals surface area contributed by atoms with Crippen LogP contribution in [0.25, 0.3) is 0 Å². The number of halogens is 6. The summed E-state index contributed by atoms with van der Waals surface area (Å²) in [5.74, 6) is 0.515. The second-order valence-electron chi connectivity index (χ2n) is 12.6. The number of aryl methyl sites for hydroxylation is 2. The number of aliphatic hydroxyl groups is 1. The van der Waals surface area contributed by atoms with Gasteiger partial charge < -0.3 is 15.2 Å². The monoisotopic (exact) mass is 869 g/mol. The normalized spacial score (nSPS) is 17.1. The molecule has 0 bridgehead atoms. The number of hydrogen-bond donors (Lipinski definition) is 4. The number of aliphatic hydroxyl groups excluding tert-OH is 1. The predicted octanol–water partition coefficient (Wildman–Crippen LogP) is 7.17. The lowest BCUT2D eigenvalue weighted by Crippen LogP contribution is -2.33. The molecule has 12 nitrogen and oxygen atoms in total. The molecule has 57 heavy (non-hydrogen) atoms. The number of benzene rings is 3. The Morgan fingerprint density at radius 2 is 1.40 bits per heavy atom. The van der Waals surface area contributed by atoms with Crippen molar-refractivity contribution in [1.29, 1.82) is 0 Å². The first kappa shape index (κ1) is 47.5. The maximum Gasteiger partial charge on any atom is 0.416 e. The zero-order chi connectivity index (χ0) is 42.6. The van der Waals surface area contributed by atoms with E-state index in [1.807, 2.05) is 6.08 Å². The number of nitrogens with one attached hydrogen (secondary N) is 1. The number of carbonyl (C=O) groups excluding carboxylic acids is 1. The van der Waals surface area contributed by atoms with Gasteiger partial charge in [-0.3, -0.25) is 23.8 Å². The highest BCUT2D eigenvalue weighted by Crippen LogP contribution is 2.38. The van der Waals surface area contributed by atoms with Gasteiger partial charge in [0, 0.05) is 6.54 Å². The average Bonchev–Trinajstić information content (AvgIpc) is 3.46. The summed E-state index contributed by atoms with van der Waals surface area (Å²) in [6, 6.07) is 14.3. The molecule has 0 radical (unpaired) electrons. The molecule has 3 aromatic rings. The summed E-state index contributed by atoms with van der Waals surface area (Å²) in [6.07, 6.45) is -6.59. The average molecular weight is 870 g/mol. The van der Waals surface area contributed by atoms with Crippen LogP contribution in [0.4, 0.5) is 31.1 Å². The summed E-state index contributed by atoms with van der Waals surface area (Å²) in [4.78, 5) is 18.5. The number of aliphatic imine (C=N–C) groups is 1. The molecule has 2 heterocycles. The number of hydrogen-bond acceptors (Lipinski definition) is 10. The van der Waals surface area contributed by atoms with Crippen LogP contribution >= 0.6 is 11.8 Å². The molecule has 0 aromatic heterocycles. The Labute approximate surface area is 330 Å². The number of ether oxygens (including phenoxy) is 1. The van der Waals surface area contributed by atoms with Crippen LogP contribution in [0.3, 0.4) is 0 Å². The van der Waals surface area contributed by atoms with Crippen LogP contribution in [0.2, 0.25) is 0 Å². The van der Waals surface area contributed by atoms with Crippen LogP contribution in [-0.2, 0) is 43.9 Å². The first-order valence-corrected chi connectivity index (χ1v) is 20.7. The summed E-state index contributed by atoms with van der Waals surface area (Å²) in [5, 5.41) is 11.1. The molecule has 314 valence electrons. The number of amidine groups is 1. The summed E-state index contributed by atoms with van der Waals surface area (Å²) >= 11 is 1.02. The fourth-order valence-electron chi connectivity index (χ4n) is 5.53. The van der Waals surface area contributed by atoms with Gasteiger partial charge >= 0.3 is 12.4 Å². The smallest absolute Gasteiger partial charge is 0.394 e. The molecule has 2 aliphatic heterocycles. The van der Waals surface area contributed by atoms with Gasteiger partial charge in [-0.15, -0.1) is 0 Å². The fourth-order valence-corrected chi connectivity index (χ4v) is 7.80. The van der Waals surface area contributed by atoms with Crippen molar-refractivity contribution >= 4 is 43.1 Å². The molecule has 5 rings (SSSR count). The van der Waals surface area contributed by atoms with Gasteiger partial charge in [0.05, 0.1) is 52.2 Å². The lowest BCUT2D eigenvalue weighted by molar-refractivity contribution is -0.143. The number of alkyl halides is 6. The van der Waals surface area contributed by atoms with Gasteiger partial charge in [-0.1, -0.05) is 48.5 Å². The van der Waals surface area contributed by atoms with Crippen molar-refractivity contribution in [1.82, 2.24) is 10.2 Å². The van der Waals surface area contributed by atoms with E-state index in [1.54, 1.807) is 55.1 Å². The Hall–Kier alpha value is -3.83. The third kappa shape index (κ3) is 15.5. The van der Waals surface area contributed by atoms with Crippen LogP contribution in [0, 0.1) is 19.8 Å². The van der Waals surface area contributed by atoms with E-state index in [9.17, 15) is 48.0 Å². The van der Waals surface area contributed by atoms with Crippen LogP contribution in [0.5, 0.6) is 0 Å². The molecule has 2 saturated heterocycles. The highest BCUT2D eigenvalue weighted by Gasteiger charge is 2.38. The molecule has 0 unspecified atom stereocenters. The van der Waals surface area contributed by atoms with Gasteiger partial charge in [-0.25, -0.2) is 0 Å². The van der Waals surface area contributed by atoms with Crippen molar-refractivity contribution in [2.24, 2.45) is 10.9 Å². The van der Waals surface area contributed by atoms with Gasteiger partial charge in [0.15, 0.2) is 0 Å². The fraction of sp³-hybridized carbons (Fsp3) is 0.389. The number of carbonyl (C=O) groups is 1. The van der Waals surface area contributed by atoms with Crippen molar-refractivity contribution in [3.8, 4) is 0 Å². The van der Waals surface area contributed by atoms with E-state index in [1.165, 1.54) is 12.1 Å². The molecule has 21 heteroatoms. The minimum absolute atomic E-state index is 0.0278. The van der Waals surface area contributed by atoms with Crippen LogP contribution in [-0.4, -0.2) is 86.5 Å². The standard InChI is InChI=1S/C22H25F6N3O3S.2C7H8O3S/c23-21(24,25)16-2-1-15(17(12-16)22(26,27)28)13-31-6-3-14(4-7-31)11-18-19(30-20(33)35-18)29-5-9-34-10-8-32;2*1-6-4-2-3-5-7(6)11(8,9)10/h1-2,11-12,14,32H,3-10,13H2,(H,29,30,33);2*2-5H,1H3,(H,8,9,10). The number of amides is 1. The number of rotatable bonds is 10. The topological polar surface area (TPSA) is 183 Å². The molecular formula is C36H41F6N3O9S3. The van der Waals surface area contributed by atoms with E-state index in [2.05, 4.69) is 10.3 Å². The van der Waals surface area contributed by atoms with Crippen molar-refractivity contribution in [3.63, 3.8) is 0 Å². The Balaban J connectivity index is 0.000000319. The van der Waals surface area contributed by atoms with E-state index < -0.39 is 43.7 Å². The van der Waals surface area contributed by atoms with Gasteiger partial charge in [-0.05, 0) is 98.4 Å². The minimum atomic E-state index is -4.89. The second-order valence-corrected chi connectivity index (χ2v) is 16.4. The Kier molecular flexibility index (Phi) is 17.3. The molecular weight excluding hydrogens is 829 g/mol. The van der Waals surface area contributed by atoms with Gasteiger partial charge in [0.25, 0.3) is 25.5 Å². The van der Waals surface area contributed by atoms with Crippen LogP contribution in [0.15, 0.2) is 92.5 Å². The first-order valence-electron chi connectivity index (χ1n) is 17.0. The maximum absolute atomic E-state index is 13.4. The molecule has 0 atom stereocenters. The summed E-state index contributed by atoms with van der Waals surface area (Å²) in [5.41, 5.74) is -1.69. The molecule has 2 fully saturated rings. The quantitative estimate of drug-likeness (QED) is 0.0921. The Bertz CT molecular complexity index is 2050. The lowest BCUT2D eigenvalue weighted by atomic mass is 9.95. The number of thioether (sulfide) groups is 1. The predicted molar refractivity (Wildman–Crippen MR) is 201 cm³/mol. The molecule has 4 N–H and O–H groups in total. The van der Waals surface area contributed by atoms with Gasteiger partial charge in [0.1, 0.15) is 5.84 Å². The molecule has 2 aliphatic rings. The first-order chi connectivity index (χ1) is 26.5. The van der Waals surface area contributed by atoms with Gasteiger partial charge in [-0.2, -0.15) is 43.2 Å². The molecule has 0 aliphatic carbocycles. The third-order valence-corrected chi connectivity index (χ3v) is 11.2.